The minimum Gasteiger partial charge on any atom is -0.383 e. The van der Waals surface area contributed by atoms with Crippen molar-refractivity contribution in [3.05, 3.63) is 22.8 Å². The molecule has 1 aliphatic rings. The van der Waals surface area contributed by atoms with Crippen LogP contribution < -0.4 is 11.5 Å². The molecule has 4 N–H and O–H groups in total. The number of rotatable bonds is 1. The van der Waals surface area contributed by atoms with Crippen LogP contribution in [0.25, 0.3) is 0 Å². The summed E-state index contributed by atoms with van der Waals surface area (Å²) in [5.41, 5.74) is 12.9. The van der Waals surface area contributed by atoms with Crippen LogP contribution in [0.4, 0.5) is 5.82 Å². The number of hydrogen-bond donors (Lipinski definition) is 2. The molecule has 82 valence electrons. The standard InChI is InChI=1S/C11H16ClN3/c1-11(3-2-8(13)5-11)9-4-7(12)6-15-10(9)14/h4,6,8H,2-3,5,13H2,1H3,(H2,14,15). The van der Waals surface area contributed by atoms with Crippen LogP contribution in [0.1, 0.15) is 31.7 Å². The van der Waals surface area contributed by atoms with Crippen LogP contribution in [0.3, 0.4) is 0 Å². The zero-order valence-electron chi connectivity index (χ0n) is 8.83. The lowest BCUT2D eigenvalue weighted by Gasteiger charge is -2.25. The number of pyridine rings is 1. The second-order valence-corrected chi connectivity index (χ2v) is 5.09. The van der Waals surface area contributed by atoms with Crippen molar-refractivity contribution in [2.75, 3.05) is 5.73 Å². The van der Waals surface area contributed by atoms with Crippen molar-refractivity contribution in [1.29, 1.82) is 0 Å². The Morgan fingerprint density at radius 1 is 1.60 bits per heavy atom. The Morgan fingerprint density at radius 2 is 2.33 bits per heavy atom. The first-order chi connectivity index (χ1) is 7.01. The minimum absolute atomic E-state index is 0.0431. The van der Waals surface area contributed by atoms with Gasteiger partial charge < -0.3 is 11.5 Å². The molecule has 1 aromatic rings. The van der Waals surface area contributed by atoms with E-state index in [1.54, 1.807) is 6.20 Å². The smallest absolute Gasteiger partial charge is 0.127 e. The normalized spacial score (nSPS) is 30.7. The fourth-order valence-electron chi connectivity index (χ4n) is 2.46. The molecule has 3 nitrogen and oxygen atoms in total. The molecule has 1 aromatic heterocycles. The number of nitrogen functional groups attached to an aromatic ring is 1. The van der Waals surface area contributed by atoms with Crippen LogP contribution in [-0.2, 0) is 5.41 Å². The lowest BCUT2D eigenvalue weighted by Crippen LogP contribution is -2.24. The van der Waals surface area contributed by atoms with Crippen molar-refractivity contribution in [3.63, 3.8) is 0 Å². The average Bonchev–Trinajstić information content (AvgIpc) is 2.52. The Hall–Kier alpha value is -0.800. The van der Waals surface area contributed by atoms with Gasteiger partial charge in [-0.1, -0.05) is 18.5 Å². The average molecular weight is 226 g/mol. The lowest BCUT2D eigenvalue weighted by molar-refractivity contribution is 0.482. The van der Waals surface area contributed by atoms with E-state index in [0.717, 1.165) is 24.8 Å². The largest absolute Gasteiger partial charge is 0.383 e. The summed E-state index contributed by atoms with van der Waals surface area (Å²) in [7, 11) is 0. The van der Waals surface area contributed by atoms with Gasteiger partial charge in [0.25, 0.3) is 0 Å². The molecule has 1 heterocycles. The molecule has 0 aromatic carbocycles. The van der Waals surface area contributed by atoms with Gasteiger partial charge in [-0.15, -0.1) is 0 Å². The van der Waals surface area contributed by atoms with Gasteiger partial charge in [0.2, 0.25) is 0 Å². The molecule has 1 saturated carbocycles. The van der Waals surface area contributed by atoms with Crippen molar-refractivity contribution < 1.29 is 0 Å². The molecule has 2 unspecified atom stereocenters. The summed E-state index contributed by atoms with van der Waals surface area (Å²) in [6.07, 6.45) is 4.64. The summed E-state index contributed by atoms with van der Waals surface area (Å²) in [6, 6.07) is 2.19. The zero-order valence-corrected chi connectivity index (χ0v) is 9.59. The molecule has 15 heavy (non-hydrogen) atoms. The maximum atomic E-state index is 5.94. The number of nitrogens with zero attached hydrogens (tertiary/aromatic N) is 1. The van der Waals surface area contributed by atoms with Gasteiger partial charge >= 0.3 is 0 Å². The van der Waals surface area contributed by atoms with Crippen LogP contribution in [0.5, 0.6) is 0 Å². The SMILES string of the molecule is CC1(c2cc(Cl)cnc2N)CCC(N)C1. The minimum atomic E-state index is 0.0431. The fourth-order valence-corrected chi connectivity index (χ4v) is 2.62. The van der Waals surface area contributed by atoms with Gasteiger partial charge in [-0.25, -0.2) is 4.98 Å². The topological polar surface area (TPSA) is 64.9 Å². The summed E-state index contributed by atoms with van der Waals surface area (Å²) < 4.78 is 0. The lowest BCUT2D eigenvalue weighted by atomic mass is 9.81. The predicted octanol–water partition coefficient (Wildman–Crippen LogP) is 2.09. The van der Waals surface area contributed by atoms with E-state index in [1.807, 2.05) is 6.07 Å². The summed E-state index contributed by atoms with van der Waals surface area (Å²) in [4.78, 5) is 4.10. The zero-order chi connectivity index (χ0) is 11.1. The third-order valence-corrected chi connectivity index (χ3v) is 3.52. The van der Waals surface area contributed by atoms with Crippen molar-refractivity contribution in [1.82, 2.24) is 4.98 Å². The van der Waals surface area contributed by atoms with Crippen molar-refractivity contribution >= 4 is 17.4 Å². The summed E-state index contributed by atoms with van der Waals surface area (Å²) in [5.74, 6) is 0.580. The molecule has 0 bridgehead atoms. The van der Waals surface area contributed by atoms with Gasteiger partial charge in [0.05, 0.1) is 5.02 Å². The van der Waals surface area contributed by atoms with Crippen LogP contribution in [0, 0.1) is 0 Å². The molecule has 0 saturated heterocycles. The number of hydrogen-bond acceptors (Lipinski definition) is 3. The van der Waals surface area contributed by atoms with Crippen LogP contribution in [0.15, 0.2) is 12.3 Å². The van der Waals surface area contributed by atoms with E-state index >= 15 is 0 Å². The van der Waals surface area contributed by atoms with Crippen molar-refractivity contribution in [2.45, 2.75) is 37.6 Å². The van der Waals surface area contributed by atoms with Gasteiger partial charge in [0.1, 0.15) is 5.82 Å². The van der Waals surface area contributed by atoms with Gasteiger partial charge in [0, 0.05) is 17.8 Å². The molecule has 2 rings (SSSR count). The van der Waals surface area contributed by atoms with E-state index in [4.69, 9.17) is 23.1 Å². The maximum absolute atomic E-state index is 5.94. The Balaban J connectivity index is 2.40. The first kappa shape index (κ1) is 10.7. The highest BCUT2D eigenvalue weighted by molar-refractivity contribution is 6.30. The molecule has 0 spiro atoms. The molecular formula is C11H16ClN3. The molecule has 2 atom stereocenters. The Morgan fingerprint density at radius 3 is 2.93 bits per heavy atom. The van der Waals surface area contributed by atoms with Crippen LogP contribution in [-0.4, -0.2) is 11.0 Å². The predicted molar refractivity (Wildman–Crippen MR) is 62.8 cm³/mol. The van der Waals surface area contributed by atoms with Gasteiger partial charge in [-0.05, 0) is 30.7 Å². The van der Waals surface area contributed by atoms with Gasteiger partial charge in [0.15, 0.2) is 0 Å². The van der Waals surface area contributed by atoms with E-state index in [-0.39, 0.29) is 11.5 Å². The molecule has 4 heteroatoms. The van der Waals surface area contributed by atoms with E-state index in [2.05, 4.69) is 11.9 Å². The maximum Gasteiger partial charge on any atom is 0.127 e. The third-order valence-electron chi connectivity index (χ3n) is 3.32. The molecule has 1 aliphatic carbocycles. The summed E-state index contributed by atoms with van der Waals surface area (Å²) >= 11 is 5.94. The quantitative estimate of drug-likeness (QED) is 0.769. The summed E-state index contributed by atoms with van der Waals surface area (Å²) in [6.45, 7) is 2.18. The number of nitrogens with two attached hydrogens (primary N) is 2. The second-order valence-electron chi connectivity index (χ2n) is 4.65. The molecule has 0 amide bonds. The highest BCUT2D eigenvalue weighted by Crippen LogP contribution is 2.42. The highest BCUT2D eigenvalue weighted by Gasteiger charge is 2.36. The monoisotopic (exact) mass is 225 g/mol. The van der Waals surface area contributed by atoms with Gasteiger partial charge in [-0.2, -0.15) is 0 Å². The van der Waals surface area contributed by atoms with Crippen LogP contribution >= 0.6 is 11.6 Å². The fraction of sp³-hybridized carbons (Fsp3) is 0.545. The molecule has 1 fully saturated rings. The van der Waals surface area contributed by atoms with E-state index in [9.17, 15) is 0 Å². The first-order valence-corrected chi connectivity index (χ1v) is 5.56. The van der Waals surface area contributed by atoms with Crippen molar-refractivity contribution in [2.24, 2.45) is 5.73 Å². The highest BCUT2D eigenvalue weighted by atomic mass is 35.5. The first-order valence-electron chi connectivity index (χ1n) is 5.18. The van der Waals surface area contributed by atoms with E-state index < -0.39 is 0 Å². The van der Waals surface area contributed by atoms with Crippen LogP contribution in [0.2, 0.25) is 5.02 Å². The molecular weight excluding hydrogens is 210 g/mol. The second kappa shape index (κ2) is 3.65. The molecule has 0 aliphatic heterocycles. The van der Waals surface area contributed by atoms with E-state index in [1.165, 1.54) is 0 Å². The Kier molecular flexibility index (Phi) is 2.61. The van der Waals surface area contributed by atoms with Gasteiger partial charge in [-0.3, -0.25) is 0 Å². The number of anilines is 1. The number of halogens is 1. The van der Waals surface area contributed by atoms with Crippen molar-refractivity contribution in [3.8, 4) is 0 Å². The number of aromatic nitrogens is 1. The molecule has 0 radical (unpaired) electrons. The summed E-state index contributed by atoms with van der Waals surface area (Å²) in [5, 5.41) is 0.640. The Bertz CT molecular complexity index is 380. The third kappa shape index (κ3) is 1.94. The Labute approximate surface area is 94.8 Å². The van der Waals surface area contributed by atoms with E-state index in [0.29, 0.717) is 10.8 Å².